The van der Waals surface area contributed by atoms with E-state index in [4.69, 9.17) is 0 Å². The lowest BCUT2D eigenvalue weighted by Gasteiger charge is -2.33. The van der Waals surface area contributed by atoms with E-state index < -0.39 is 5.41 Å². The van der Waals surface area contributed by atoms with Gasteiger partial charge in [0.05, 0.1) is 6.07 Å². The summed E-state index contributed by atoms with van der Waals surface area (Å²) in [6.45, 7) is 5.10. The van der Waals surface area contributed by atoms with E-state index in [0.717, 1.165) is 58.2 Å². The zero-order valence-corrected chi connectivity index (χ0v) is 14.6. The van der Waals surface area contributed by atoms with Gasteiger partial charge in [0.2, 0.25) is 5.91 Å². The van der Waals surface area contributed by atoms with Gasteiger partial charge in [0.1, 0.15) is 5.41 Å². The number of rotatable bonds is 4. The summed E-state index contributed by atoms with van der Waals surface area (Å²) in [7, 11) is 0. The summed E-state index contributed by atoms with van der Waals surface area (Å²) in [5.41, 5.74) is 1.90. The summed E-state index contributed by atoms with van der Waals surface area (Å²) in [5, 5.41) is 12.6. The molecule has 0 atom stereocenters. The number of nitriles is 1. The van der Waals surface area contributed by atoms with Gasteiger partial charge < -0.3 is 5.32 Å². The molecule has 0 spiro atoms. The number of nitrogens with one attached hydrogen (secondary N) is 1. The van der Waals surface area contributed by atoms with E-state index in [0.29, 0.717) is 0 Å². The molecule has 0 bridgehead atoms. The van der Waals surface area contributed by atoms with Crippen molar-refractivity contribution < 1.29 is 4.79 Å². The van der Waals surface area contributed by atoms with Crippen molar-refractivity contribution in [3.63, 3.8) is 0 Å². The van der Waals surface area contributed by atoms with Crippen LogP contribution in [0.25, 0.3) is 0 Å². The molecule has 1 N–H and O–H groups in total. The molecule has 0 radical (unpaired) electrons. The van der Waals surface area contributed by atoms with E-state index in [-0.39, 0.29) is 11.9 Å². The molecule has 1 amide bonds. The molecule has 3 rings (SSSR count). The average Bonchev–Trinajstić information content (AvgIpc) is 3.07. The smallest absolute Gasteiger partial charge is 0.240 e. The van der Waals surface area contributed by atoms with E-state index in [9.17, 15) is 10.1 Å². The Morgan fingerprint density at radius 3 is 2.67 bits per heavy atom. The number of likely N-dealkylation sites (tertiary alicyclic amines) is 1. The third-order valence-corrected chi connectivity index (χ3v) is 5.52. The first-order chi connectivity index (χ1) is 11.6. The molecule has 128 valence electrons. The highest BCUT2D eigenvalue weighted by Crippen LogP contribution is 2.37. The van der Waals surface area contributed by atoms with Crippen molar-refractivity contribution in [3.05, 3.63) is 35.4 Å². The van der Waals surface area contributed by atoms with Crippen molar-refractivity contribution >= 4 is 5.91 Å². The molecule has 1 aromatic carbocycles. The molecule has 4 heteroatoms. The Morgan fingerprint density at radius 2 is 2.04 bits per heavy atom. The van der Waals surface area contributed by atoms with Gasteiger partial charge in [-0.15, -0.1) is 0 Å². The molecule has 0 unspecified atom stereocenters. The van der Waals surface area contributed by atoms with Gasteiger partial charge in [-0.05, 0) is 38.2 Å². The van der Waals surface area contributed by atoms with Gasteiger partial charge in [-0.25, -0.2) is 0 Å². The van der Waals surface area contributed by atoms with Gasteiger partial charge in [0.25, 0.3) is 0 Å². The van der Waals surface area contributed by atoms with Gasteiger partial charge in [0.15, 0.2) is 0 Å². The summed E-state index contributed by atoms with van der Waals surface area (Å²) in [5.74, 6) is -0.0281. The predicted octanol–water partition coefficient (Wildman–Crippen LogP) is 3.16. The van der Waals surface area contributed by atoms with Crippen molar-refractivity contribution in [2.24, 2.45) is 5.41 Å². The topological polar surface area (TPSA) is 56.1 Å². The number of carbonyl (C=O) groups is 1. The predicted molar refractivity (Wildman–Crippen MR) is 94.1 cm³/mol. The van der Waals surface area contributed by atoms with Crippen LogP contribution in [0.2, 0.25) is 0 Å². The lowest BCUT2D eigenvalue weighted by Crippen LogP contribution is -2.48. The molecule has 1 saturated carbocycles. The fourth-order valence-electron chi connectivity index (χ4n) is 4.00. The van der Waals surface area contributed by atoms with Crippen LogP contribution in [0, 0.1) is 23.7 Å². The van der Waals surface area contributed by atoms with E-state index >= 15 is 0 Å². The molecule has 1 heterocycles. The van der Waals surface area contributed by atoms with Crippen molar-refractivity contribution in [3.8, 4) is 6.07 Å². The van der Waals surface area contributed by atoms with Crippen molar-refractivity contribution in [1.29, 1.82) is 5.26 Å². The number of hydrogen-bond donors (Lipinski definition) is 1. The van der Waals surface area contributed by atoms with Gasteiger partial charge in [0, 0.05) is 25.7 Å². The molecular formula is C20H27N3O. The number of piperidine rings is 1. The number of aryl methyl sites for hydroxylation is 1. The fraction of sp³-hybridized carbons (Fsp3) is 0.600. The van der Waals surface area contributed by atoms with E-state index in [1.165, 1.54) is 11.1 Å². The Labute approximate surface area is 144 Å². The first-order valence-corrected chi connectivity index (χ1v) is 9.11. The number of amides is 1. The monoisotopic (exact) mass is 325 g/mol. The number of benzene rings is 1. The normalized spacial score (nSPS) is 21.3. The summed E-state index contributed by atoms with van der Waals surface area (Å²) in [6.07, 6.45) is 5.38. The van der Waals surface area contributed by atoms with Crippen LogP contribution >= 0.6 is 0 Å². The molecular weight excluding hydrogens is 298 g/mol. The largest absolute Gasteiger partial charge is 0.352 e. The zero-order chi connectivity index (χ0) is 17.0. The summed E-state index contributed by atoms with van der Waals surface area (Å²) in [4.78, 5) is 15.0. The molecule has 4 nitrogen and oxygen atoms in total. The van der Waals surface area contributed by atoms with Crippen LogP contribution in [0.5, 0.6) is 0 Å². The number of carbonyl (C=O) groups excluding carboxylic acids is 1. The zero-order valence-electron chi connectivity index (χ0n) is 14.6. The Balaban J connectivity index is 1.48. The maximum Gasteiger partial charge on any atom is 0.240 e. The molecule has 2 fully saturated rings. The van der Waals surface area contributed by atoms with Crippen molar-refractivity contribution in [2.45, 2.75) is 58.0 Å². The minimum atomic E-state index is -0.751. The second-order valence-electron chi connectivity index (χ2n) is 7.41. The van der Waals surface area contributed by atoms with Crippen LogP contribution in [-0.2, 0) is 11.3 Å². The summed E-state index contributed by atoms with van der Waals surface area (Å²) >= 11 is 0. The third-order valence-electron chi connectivity index (χ3n) is 5.52. The Kier molecular flexibility index (Phi) is 5.20. The summed E-state index contributed by atoms with van der Waals surface area (Å²) in [6, 6.07) is 11.2. The number of hydrogen-bond acceptors (Lipinski definition) is 3. The van der Waals surface area contributed by atoms with E-state index in [1.807, 2.05) is 0 Å². The van der Waals surface area contributed by atoms with Crippen LogP contribution in [0.15, 0.2) is 24.3 Å². The molecule has 2 aliphatic rings. The van der Waals surface area contributed by atoms with Gasteiger partial charge in [-0.2, -0.15) is 5.26 Å². The quantitative estimate of drug-likeness (QED) is 0.925. The van der Waals surface area contributed by atoms with E-state index in [1.54, 1.807) is 0 Å². The molecule has 24 heavy (non-hydrogen) atoms. The molecule has 1 aromatic rings. The lowest BCUT2D eigenvalue weighted by molar-refractivity contribution is -0.129. The lowest BCUT2D eigenvalue weighted by atomic mass is 9.86. The highest BCUT2D eigenvalue weighted by atomic mass is 16.2. The maximum atomic E-state index is 12.5. The highest BCUT2D eigenvalue weighted by molar-refractivity contribution is 5.86. The van der Waals surface area contributed by atoms with Crippen molar-refractivity contribution in [1.82, 2.24) is 10.2 Å². The minimum Gasteiger partial charge on any atom is -0.352 e. The molecule has 0 aromatic heterocycles. The summed E-state index contributed by atoms with van der Waals surface area (Å²) < 4.78 is 0. The SMILES string of the molecule is Cc1cccc(CN2CCC(NC(=O)C3(C#N)CCCC3)CC2)c1. The van der Waals surface area contributed by atoms with Crippen molar-refractivity contribution in [2.75, 3.05) is 13.1 Å². The minimum absolute atomic E-state index is 0.0281. The van der Waals surface area contributed by atoms with Gasteiger partial charge in [-0.3, -0.25) is 9.69 Å². The second-order valence-corrected chi connectivity index (χ2v) is 7.41. The maximum absolute atomic E-state index is 12.5. The Morgan fingerprint density at radius 1 is 1.33 bits per heavy atom. The Hall–Kier alpha value is -1.86. The van der Waals surface area contributed by atoms with E-state index in [2.05, 4.69) is 47.5 Å². The first kappa shape index (κ1) is 17.0. The standard InChI is InChI=1S/C20H27N3O/c1-16-5-4-6-17(13-16)14-23-11-7-18(8-12-23)22-19(24)20(15-21)9-2-3-10-20/h4-6,13,18H,2-3,7-12,14H2,1H3,(H,22,24). The Bertz CT molecular complexity index is 620. The van der Waals surface area contributed by atoms with Crippen LogP contribution in [0.3, 0.4) is 0 Å². The third kappa shape index (κ3) is 3.79. The average molecular weight is 325 g/mol. The van der Waals surface area contributed by atoms with Gasteiger partial charge >= 0.3 is 0 Å². The second kappa shape index (κ2) is 7.36. The number of nitrogens with zero attached hydrogens (tertiary/aromatic N) is 2. The fourth-order valence-corrected chi connectivity index (χ4v) is 4.00. The van der Waals surface area contributed by atoms with Crippen LogP contribution in [0.4, 0.5) is 0 Å². The molecule has 1 saturated heterocycles. The van der Waals surface area contributed by atoms with Crippen LogP contribution in [0.1, 0.15) is 49.7 Å². The highest BCUT2D eigenvalue weighted by Gasteiger charge is 2.42. The van der Waals surface area contributed by atoms with Gasteiger partial charge in [-0.1, -0.05) is 42.7 Å². The van der Waals surface area contributed by atoms with Crippen LogP contribution in [-0.4, -0.2) is 29.9 Å². The molecule has 1 aliphatic heterocycles. The van der Waals surface area contributed by atoms with Crippen LogP contribution < -0.4 is 5.32 Å². The first-order valence-electron chi connectivity index (χ1n) is 9.11. The molecule has 1 aliphatic carbocycles.